The Hall–Kier alpha value is -0.910. The molecule has 0 radical (unpaired) electrons. The van der Waals surface area contributed by atoms with Crippen molar-refractivity contribution in [3.63, 3.8) is 0 Å². The third-order valence-corrected chi connectivity index (χ3v) is 13.4. The van der Waals surface area contributed by atoms with Gasteiger partial charge in [-0.1, -0.05) is 60.1 Å². The smallest absolute Gasteiger partial charge is 0.302 e. The summed E-state index contributed by atoms with van der Waals surface area (Å²) in [6.45, 7) is 17.7. The number of esters is 1. The summed E-state index contributed by atoms with van der Waals surface area (Å²) in [5, 5.41) is 33.5. The number of ether oxygens (including phenoxy) is 1. The lowest BCUT2D eigenvalue weighted by molar-refractivity contribution is -0.241. The fourth-order valence-corrected chi connectivity index (χ4v) is 11.2. The molecular weight excluding hydrogens is 464 g/mol. The van der Waals surface area contributed by atoms with Gasteiger partial charge in [-0.15, -0.1) is 0 Å². The molecule has 5 aliphatic rings. The highest BCUT2D eigenvalue weighted by Crippen LogP contribution is 2.75. The summed E-state index contributed by atoms with van der Waals surface area (Å²) < 4.78 is 6.09. The quantitative estimate of drug-likeness (QED) is 0.326. The third kappa shape index (κ3) is 3.48. The minimum Gasteiger partial charge on any atom is -0.462 e. The molecule has 0 bridgehead atoms. The van der Waals surface area contributed by atoms with Crippen molar-refractivity contribution in [3.05, 3.63) is 11.6 Å². The van der Waals surface area contributed by atoms with Crippen LogP contribution in [0.2, 0.25) is 0 Å². The second-order valence-electron chi connectivity index (χ2n) is 15.9. The van der Waals surface area contributed by atoms with E-state index in [9.17, 15) is 20.1 Å². The van der Waals surface area contributed by atoms with Gasteiger partial charge < -0.3 is 20.1 Å². The molecule has 0 aromatic carbocycles. The zero-order chi connectivity index (χ0) is 27.4. The van der Waals surface area contributed by atoms with Gasteiger partial charge in [-0.25, -0.2) is 0 Å². The molecule has 0 spiro atoms. The Balaban J connectivity index is 1.66. The minimum absolute atomic E-state index is 0.00721. The Bertz CT molecular complexity index is 984. The monoisotopic (exact) mass is 516 g/mol. The molecule has 10 atom stereocenters. The zero-order valence-corrected chi connectivity index (χ0v) is 24.6. The van der Waals surface area contributed by atoms with Gasteiger partial charge in [0.05, 0.1) is 24.2 Å². The van der Waals surface area contributed by atoms with Gasteiger partial charge in [-0.3, -0.25) is 4.79 Å². The van der Waals surface area contributed by atoms with E-state index in [0.29, 0.717) is 24.7 Å². The van der Waals surface area contributed by atoms with E-state index < -0.39 is 17.6 Å². The zero-order valence-electron chi connectivity index (χ0n) is 24.6. The molecular formula is C32H52O5. The summed E-state index contributed by atoms with van der Waals surface area (Å²) in [6, 6.07) is 0. The first kappa shape index (κ1) is 27.6. The average Bonchev–Trinajstić information content (AvgIpc) is 2.76. The van der Waals surface area contributed by atoms with Gasteiger partial charge in [0.1, 0.15) is 6.10 Å². The number of aliphatic hydroxyl groups is 3. The Morgan fingerprint density at radius 3 is 2.24 bits per heavy atom. The SMILES string of the molecule is CC(=O)O[C@@H]1C[C@]2(C)C(=CC[C@H]3[C@@]4(C)CC[C@H](O)C(C)(C)[C@@H]4CC[C@]32C)[C@@H]2CC(C)(C)C[C@H](O)[C@]12CO. The van der Waals surface area contributed by atoms with Gasteiger partial charge in [0, 0.05) is 6.92 Å². The largest absolute Gasteiger partial charge is 0.462 e. The van der Waals surface area contributed by atoms with Crippen molar-refractivity contribution in [2.24, 2.45) is 50.2 Å². The van der Waals surface area contributed by atoms with Crippen molar-refractivity contribution in [2.75, 3.05) is 6.61 Å². The maximum atomic E-state index is 12.4. The molecule has 5 heteroatoms. The Morgan fingerprint density at radius 2 is 1.62 bits per heavy atom. The van der Waals surface area contributed by atoms with E-state index in [4.69, 9.17) is 4.74 Å². The van der Waals surface area contributed by atoms with E-state index in [2.05, 4.69) is 54.5 Å². The van der Waals surface area contributed by atoms with Gasteiger partial charge in [0.2, 0.25) is 0 Å². The van der Waals surface area contributed by atoms with Crippen LogP contribution in [0.5, 0.6) is 0 Å². The molecule has 0 heterocycles. The topological polar surface area (TPSA) is 87.0 Å². The number of rotatable bonds is 2. The number of hydrogen-bond acceptors (Lipinski definition) is 5. The van der Waals surface area contributed by atoms with Crippen LogP contribution >= 0.6 is 0 Å². The highest BCUT2D eigenvalue weighted by Gasteiger charge is 2.71. The lowest BCUT2D eigenvalue weighted by Crippen LogP contribution is -2.69. The molecule has 5 nitrogen and oxygen atoms in total. The summed E-state index contributed by atoms with van der Waals surface area (Å²) in [5.41, 5.74) is 0.326. The van der Waals surface area contributed by atoms with Crippen LogP contribution in [0.1, 0.15) is 107 Å². The number of carbonyl (C=O) groups is 1. The number of allylic oxidation sites excluding steroid dienone is 2. The van der Waals surface area contributed by atoms with E-state index in [1.54, 1.807) is 0 Å². The van der Waals surface area contributed by atoms with E-state index in [-0.39, 0.29) is 51.7 Å². The fourth-order valence-electron chi connectivity index (χ4n) is 11.2. The van der Waals surface area contributed by atoms with Crippen molar-refractivity contribution in [3.8, 4) is 0 Å². The number of fused-ring (bicyclic) bond motifs is 7. The van der Waals surface area contributed by atoms with E-state index >= 15 is 0 Å². The molecule has 4 saturated carbocycles. The summed E-state index contributed by atoms with van der Waals surface area (Å²) in [4.78, 5) is 12.4. The molecule has 0 amide bonds. The van der Waals surface area contributed by atoms with Crippen LogP contribution in [0.25, 0.3) is 0 Å². The number of aliphatic hydroxyl groups excluding tert-OH is 3. The molecule has 0 aromatic heterocycles. The highest BCUT2D eigenvalue weighted by molar-refractivity contribution is 5.66. The summed E-state index contributed by atoms with van der Waals surface area (Å²) in [7, 11) is 0. The van der Waals surface area contributed by atoms with Gasteiger partial charge in [-0.2, -0.15) is 0 Å². The van der Waals surface area contributed by atoms with Crippen LogP contribution in [-0.2, 0) is 9.53 Å². The van der Waals surface area contributed by atoms with Crippen LogP contribution in [0.4, 0.5) is 0 Å². The van der Waals surface area contributed by atoms with Crippen molar-refractivity contribution < 1.29 is 24.9 Å². The molecule has 37 heavy (non-hydrogen) atoms. The second-order valence-corrected chi connectivity index (χ2v) is 15.9. The van der Waals surface area contributed by atoms with Crippen molar-refractivity contribution in [2.45, 2.75) is 125 Å². The van der Waals surface area contributed by atoms with Crippen molar-refractivity contribution >= 4 is 5.97 Å². The Kier molecular flexibility index (Phi) is 6.20. The third-order valence-electron chi connectivity index (χ3n) is 13.4. The predicted molar refractivity (Wildman–Crippen MR) is 144 cm³/mol. The first-order valence-electron chi connectivity index (χ1n) is 14.8. The first-order chi connectivity index (χ1) is 17.0. The van der Waals surface area contributed by atoms with Crippen molar-refractivity contribution in [1.82, 2.24) is 0 Å². The van der Waals surface area contributed by atoms with Gasteiger partial charge in [-0.05, 0) is 96.2 Å². The van der Waals surface area contributed by atoms with E-state index in [1.807, 2.05) is 0 Å². The Labute approximate surface area is 224 Å². The second kappa shape index (κ2) is 8.30. The van der Waals surface area contributed by atoms with Crippen LogP contribution in [0.3, 0.4) is 0 Å². The highest BCUT2D eigenvalue weighted by atomic mass is 16.5. The molecule has 0 saturated heterocycles. The molecule has 0 unspecified atom stereocenters. The summed E-state index contributed by atoms with van der Waals surface area (Å²) in [5.74, 6) is 0.591. The lowest BCUT2D eigenvalue weighted by atomic mass is 9.33. The van der Waals surface area contributed by atoms with Gasteiger partial charge in [0.25, 0.3) is 0 Å². The maximum Gasteiger partial charge on any atom is 0.302 e. The molecule has 5 rings (SSSR count). The van der Waals surface area contributed by atoms with E-state index in [0.717, 1.165) is 38.5 Å². The molecule has 0 aliphatic heterocycles. The normalized spacial score (nSPS) is 52.0. The molecule has 0 aromatic rings. The Morgan fingerprint density at radius 1 is 0.946 bits per heavy atom. The van der Waals surface area contributed by atoms with Crippen LogP contribution in [0, 0.1) is 50.2 Å². The van der Waals surface area contributed by atoms with E-state index in [1.165, 1.54) is 12.5 Å². The van der Waals surface area contributed by atoms with Gasteiger partial charge >= 0.3 is 5.97 Å². The van der Waals surface area contributed by atoms with Crippen LogP contribution in [0.15, 0.2) is 11.6 Å². The molecule has 4 fully saturated rings. The minimum atomic E-state index is -0.853. The lowest BCUT2D eigenvalue weighted by Gasteiger charge is -2.72. The number of hydrogen-bond donors (Lipinski definition) is 3. The van der Waals surface area contributed by atoms with Crippen molar-refractivity contribution in [1.29, 1.82) is 0 Å². The summed E-state index contributed by atoms with van der Waals surface area (Å²) >= 11 is 0. The molecule has 3 N–H and O–H groups in total. The average molecular weight is 517 g/mol. The molecule has 5 aliphatic carbocycles. The number of carbonyl (C=O) groups excluding carboxylic acids is 1. The summed E-state index contributed by atoms with van der Waals surface area (Å²) in [6.07, 6.45) is 8.21. The predicted octanol–water partition coefficient (Wildman–Crippen LogP) is 5.65. The standard InChI is InChI=1S/C32H52O5/c1-19(34)37-26-17-31(8)20(21-15-27(2,3)16-25(36)32(21,26)18-33)9-10-23-29(6)13-12-24(35)28(4,5)22(29)11-14-30(23,31)7/h9,21-26,33,35-36H,10-18H2,1-8H3/t21-,22-,23-,24-,25-,26+,29-,30+,31+,32+/m0/s1. The van der Waals surface area contributed by atoms with Crippen LogP contribution in [-0.4, -0.2) is 46.2 Å². The van der Waals surface area contributed by atoms with Gasteiger partial charge in [0.15, 0.2) is 0 Å². The fraction of sp³-hybridized carbons (Fsp3) is 0.906. The van der Waals surface area contributed by atoms with Crippen LogP contribution < -0.4 is 0 Å². The molecule has 210 valence electrons. The maximum absolute atomic E-state index is 12.4. The first-order valence-corrected chi connectivity index (χ1v) is 14.8.